The minimum atomic E-state index is -4.45. The first-order chi connectivity index (χ1) is 13.4. The number of nitrogens with one attached hydrogen (secondary N) is 1. The highest BCUT2D eigenvalue weighted by molar-refractivity contribution is 9.10. The highest BCUT2D eigenvalue weighted by Crippen LogP contribution is 2.55. The molecule has 1 aliphatic rings. The maximum absolute atomic E-state index is 12.8. The lowest BCUT2D eigenvalue weighted by Gasteiger charge is -2.10. The number of nitrogens with zero attached hydrogens (tertiary/aromatic N) is 2. The Balaban J connectivity index is 1.88. The molecule has 29 heavy (non-hydrogen) atoms. The molecule has 158 valence electrons. The third-order valence-corrected chi connectivity index (χ3v) is 7.14. The van der Waals surface area contributed by atoms with Crippen LogP contribution >= 0.6 is 39.1 Å². The van der Waals surface area contributed by atoms with Crippen molar-refractivity contribution in [3.05, 3.63) is 38.8 Å². The number of carbonyl (C=O) groups is 1. The molecule has 14 heteroatoms. The smallest absolute Gasteiger partial charge is 0.393 e. The van der Waals surface area contributed by atoms with Gasteiger partial charge in [0.15, 0.2) is 5.69 Å². The molecule has 1 aromatic carbocycles. The molecule has 0 saturated heterocycles. The largest absolute Gasteiger partial charge is 0.497 e. The summed E-state index contributed by atoms with van der Waals surface area (Å²) >= 11 is 14.9. The SMILES string of the molecule is COc1ccc(Br)c(S(=O)(=O)NC(=O)c2nc(Cl)n([C@@H]3C[C@H]3C(F)(F)F)c2Cl)c1. The van der Waals surface area contributed by atoms with Crippen LogP contribution in [0.3, 0.4) is 0 Å². The molecular weight excluding hydrogens is 526 g/mol. The Bertz CT molecular complexity index is 1090. The van der Waals surface area contributed by atoms with Crippen LogP contribution in [-0.2, 0) is 10.0 Å². The van der Waals surface area contributed by atoms with E-state index in [1.807, 2.05) is 0 Å². The molecule has 2 aromatic rings. The van der Waals surface area contributed by atoms with E-state index in [-0.39, 0.29) is 21.5 Å². The van der Waals surface area contributed by atoms with Crippen molar-refractivity contribution in [2.45, 2.75) is 23.5 Å². The number of hydrogen-bond donors (Lipinski definition) is 1. The maximum Gasteiger partial charge on any atom is 0.393 e. The molecule has 0 spiro atoms. The van der Waals surface area contributed by atoms with E-state index < -0.39 is 50.2 Å². The van der Waals surface area contributed by atoms with Crippen molar-refractivity contribution in [2.24, 2.45) is 5.92 Å². The van der Waals surface area contributed by atoms with Crippen LogP contribution in [0.25, 0.3) is 0 Å². The van der Waals surface area contributed by atoms with Crippen LogP contribution in [0.15, 0.2) is 27.6 Å². The molecule has 0 unspecified atom stereocenters. The Labute approximate surface area is 181 Å². The number of benzene rings is 1. The lowest BCUT2D eigenvalue weighted by molar-refractivity contribution is -0.150. The molecule has 1 amide bonds. The zero-order valence-corrected chi connectivity index (χ0v) is 18.2. The summed E-state index contributed by atoms with van der Waals surface area (Å²) in [6, 6.07) is 2.97. The Kier molecular flexibility index (Phi) is 5.84. The van der Waals surface area contributed by atoms with Crippen LogP contribution in [0.1, 0.15) is 23.0 Å². The van der Waals surface area contributed by atoms with Gasteiger partial charge in [0.25, 0.3) is 15.9 Å². The van der Waals surface area contributed by atoms with Crippen molar-refractivity contribution >= 4 is 55.1 Å². The number of halogens is 6. The van der Waals surface area contributed by atoms with Gasteiger partial charge < -0.3 is 9.30 Å². The van der Waals surface area contributed by atoms with E-state index in [0.717, 1.165) is 4.57 Å². The first-order valence-corrected chi connectivity index (χ1v) is 10.8. The molecule has 1 aliphatic carbocycles. The lowest BCUT2D eigenvalue weighted by Crippen LogP contribution is -2.31. The summed E-state index contributed by atoms with van der Waals surface area (Å²) < 4.78 is 71.3. The number of aromatic nitrogens is 2. The minimum Gasteiger partial charge on any atom is -0.497 e. The van der Waals surface area contributed by atoms with Gasteiger partial charge in [0.05, 0.1) is 13.0 Å². The monoisotopic (exact) mass is 535 g/mol. The lowest BCUT2D eigenvalue weighted by atomic mass is 10.3. The average Bonchev–Trinajstić information content (AvgIpc) is 3.34. The molecule has 1 N–H and O–H groups in total. The molecule has 0 bridgehead atoms. The summed E-state index contributed by atoms with van der Waals surface area (Å²) in [7, 11) is -3.06. The maximum atomic E-state index is 12.8. The second-order valence-electron chi connectivity index (χ2n) is 6.07. The van der Waals surface area contributed by atoms with Gasteiger partial charge in [-0.25, -0.2) is 18.1 Å². The van der Waals surface area contributed by atoms with Crippen molar-refractivity contribution < 1.29 is 31.1 Å². The third kappa shape index (κ3) is 4.35. The van der Waals surface area contributed by atoms with Gasteiger partial charge >= 0.3 is 6.18 Å². The Morgan fingerprint density at radius 3 is 2.59 bits per heavy atom. The molecule has 1 heterocycles. The fourth-order valence-electron chi connectivity index (χ4n) is 2.67. The molecule has 1 aromatic heterocycles. The molecular formula is C15H11BrCl2F3N3O4S. The van der Waals surface area contributed by atoms with Crippen LogP contribution in [0.5, 0.6) is 5.75 Å². The molecule has 3 rings (SSSR count). The van der Waals surface area contributed by atoms with Gasteiger partial charge in [-0.1, -0.05) is 11.6 Å². The van der Waals surface area contributed by atoms with Gasteiger partial charge in [-0.05, 0) is 46.1 Å². The van der Waals surface area contributed by atoms with Crippen LogP contribution in [0.4, 0.5) is 13.2 Å². The fraction of sp³-hybridized carbons (Fsp3) is 0.333. The number of sulfonamides is 1. The average molecular weight is 537 g/mol. The fourth-order valence-corrected chi connectivity index (χ4v) is 5.28. The van der Waals surface area contributed by atoms with E-state index in [0.29, 0.717) is 0 Å². The number of alkyl halides is 3. The summed E-state index contributed by atoms with van der Waals surface area (Å²) in [6.45, 7) is 0. The van der Waals surface area contributed by atoms with Gasteiger partial charge in [-0.2, -0.15) is 13.2 Å². The predicted octanol–water partition coefficient (Wildman–Crippen LogP) is 4.20. The van der Waals surface area contributed by atoms with Gasteiger partial charge in [-0.3, -0.25) is 4.79 Å². The second kappa shape index (κ2) is 7.64. The van der Waals surface area contributed by atoms with E-state index in [4.69, 9.17) is 27.9 Å². The Morgan fingerprint density at radius 1 is 1.38 bits per heavy atom. The number of rotatable bonds is 5. The molecule has 0 radical (unpaired) electrons. The van der Waals surface area contributed by atoms with Crippen molar-refractivity contribution in [1.82, 2.24) is 14.3 Å². The topological polar surface area (TPSA) is 90.3 Å². The van der Waals surface area contributed by atoms with Crippen molar-refractivity contribution in [1.29, 1.82) is 0 Å². The van der Waals surface area contributed by atoms with Gasteiger partial charge in [0.1, 0.15) is 15.8 Å². The highest BCUT2D eigenvalue weighted by atomic mass is 79.9. The van der Waals surface area contributed by atoms with E-state index in [1.165, 1.54) is 25.3 Å². The van der Waals surface area contributed by atoms with Crippen molar-refractivity contribution in [2.75, 3.05) is 7.11 Å². The van der Waals surface area contributed by atoms with E-state index in [2.05, 4.69) is 20.9 Å². The number of ether oxygens (including phenoxy) is 1. The summed E-state index contributed by atoms with van der Waals surface area (Å²) in [4.78, 5) is 15.8. The summed E-state index contributed by atoms with van der Waals surface area (Å²) in [5, 5.41) is -0.930. The highest BCUT2D eigenvalue weighted by Gasteiger charge is 2.58. The second-order valence-corrected chi connectivity index (χ2v) is 9.27. The van der Waals surface area contributed by atoms with Crippen LogP contribution in [-0.4, -0.2) is 37.2 Å². The summed E-state index contributed by atoms with van der Waals surface area (Å²) in [5.74, 6) is -2.69. The summed E-state index contributed by atoms with van der Waals surface area (Å²) in [6.07, 6.45) is -4.72. The number of amides is 1. The first-order valence-electron chi connectivity index (χ1n) is 7.77. The van der Waals surface area contributed by atoms with Crippen LogP contribution in [0, 0.1) is 5.92 Å². The number of carbonyl (C=O) groups excluding carboxylic acids is 1. The van der Waals surface area contributed by atoms with E-state index in [9.17, 15) is 26.4 Å². The molecule has 1 fully saturated rings. The zero-order chi connectivity index (χ0) is 21.7. The molecule has 0 aliphatic heterocycles. The zero-order valence-electron chi connectivity index (χ0n) is 14.3. The van der Waals surface area contributed by atoms with Crippen molar-refractivity contribution in [3.8, 4) is 5.75 Å². The van der Waals surface area contributed by atoms with Crippen LogP contribution < -0.4 is 9.46 Å². The van der Waals surface area contributed by atoms with Crippen molar-refractivity contribution in [3.63, 3.8) is 0 Å². The first kappa shape index (κ1) is 22.2. The van der Waals surface area contributed by atoms with Gasteiger partial charge in [0.2, 0.25) is 5.28 Å². The number of hydrogen-bond acceptors (Lipinski definition) is 5. The normalized spacial score (nSPS) is 19.1. The minimum absolute atomic E-state index is 0.152. The van der Waals surface area contributed by atoms with Gasteiger partial charge in [0, 0.05) is 16.6 Å². The molecule has 1 saturated carbocycles. The number of imidazole rings is 1. The molecule has 7 nitrogen and oxygen atoms in total. The Hall–Kier alpha value is -1.50. The summed E-state index contributed by atoms with van der Waals surface area (Å²) in [5.41, 5.74) is -0.605. The van der Waals surface area contributed by atoms with E-state index >= 15 is 0 Å². The van der Waals surface area contributed by atoms with E-state index in [1.54, 1.807) is 4.72 Å². The van der Waals surface area contributed by atoms with Gasteiger partial charge in [-0.15, -0.1) is 0 Å². The predicted molar refractivity (Wildman–Crippen MR) is 101 cm³/mol. The van der Waals surface area contributed by atoms with Crippen LogP contribution in [0.2, 0.25) is 10.4 Å². The Morgan fingerprint density at radius 2 is 2.03 bits per heavy atom. The number of methoxy groups -OCH3 is 1. The third-order valence-electron chi connectivity index (χ3n) is 4.19. The molecule has 2 atom stereocenters. The quantitative estimate of drug-likeness (QED) is 0.618. The standard InChI is InChI=1S/C15H11BrCl2F3N3O4S/c1-28-6-2-3-8(16)10(4-6)29(26,27)23-13(25)11-12(17)24(14(18)22-11)9-5-7(9)15(19,20)21/h2-4,7,9H,5H2,1H3,(H,23,25)/t7-,9-/m1/s1.